The highest BCUT2D eigenvalue weighted by molar-refractivity contribution is 6.13. The van der Waals surface area contributed by atoms with E-state index >= 15 is 0 Å². The van der Waals surface area contributed by atoms with Crippen molar-refractivity contribution in [2.75, 3.05) is 0 Å². The highest BCUT2D eigenvalue weighted by Gasteiger charge is 2.33. The van der Waals surface area contributed by atoms with Crippen LogP contribution in [0.25, 0.3) is 111 Å². The van der Waals surface area contributed by atoms with Crippen molar-refractivity contribution in [1.29, 1.82) is 10.5 Å². The molecule has 0 radical (unpaired) electrons. The number of nitriles is 2. The zero-order valence-corrected chi connectivity index (χ0v) is 45.4. The molecule has 12 aromatic rings. The van der Waals surface area contributed by atoms with E-state index in [0.717, 1.165) is 48.5 Å². The van der Waals surface area contributed by atoms with Crippen LogP contribution in [0, 0.1) is 22.7 Å². The Morgan fingerprint density at radius 2 is 0.575 bits per heavy atom. The first kappa shape index (κ1) is 58.2. The maximum Gasteiger partial charge on any atom is 0.416 e. The summed E-state index contributed by atoms with van der Waals surface area (Å²) in [5.41, 5.74) is 5.58. The smallest absolute Gasteiger partial charge is 0.309 e. The van der Waals surface area contributed by atoms with Crippen LogP contribution in [0.5, 0.6) is 0 Å². The highest BCUT2D eigenvalue weighted by Crippen LogP contribution is 2.44. The van der Waals surface area contributed by atoms with Crippen LogP contribution < -0.4 is 0 Å². The summed E-state index contributed by atoms with van der Waals surface area (Å²) in [7, 11) is 0. The molecular weight excluding hydrogens is 1140 g/mol. The number of halogens is 12. The molecule has 2 heterocycles. The Bertz CT molecular complexity index is 4230. The average molecular weight is 1180 g/mol. The topological polar surface area (TPSA) is 57.4 Å². The number of benzene rings is 10. The molecule has 87 heavy (non-hydrogen) atoms. The SMILES string of the molecule is C=C/C=C\C.N#Cc1ccc(-n2c3ccc(-c4ccc(C(F)(F)F)cc4)cc3c3cc(-c4ccc(C(F)(F)F)cc4)ccc32)cc1-c1cc(-n2c3ccc(-c4ccc(C(F)(F)F)cc4)cc3c3cc(-c4ccc(C(F)(F)F)cc4)ccc32)ccc1C#N. The Hall–Kier alpha value is -10.6. The lowest BCUT2D eigenvalue weighted by Gasteiger charge is -2.15. The van der Waals surface area contributed by atoms with E-state index in [9.17, 15) is 63.2 Å². The van der Waals surface area contributed by atoms with Crippen molar-refractivity contribution in [2.24, 2.45) is 0 Å². The molecule has 430 valence electrons. The van der Waals surface area contributed by atoms with Gasteiger partial charge in [0, 0.05) is 44.0 Å². The van der Waals surface area contributed by atoms with Gasteiger partial charge >= 0.3 is 24.7 Å². The van der Waals surface area contributed by atoms with Crippen molar-refractivity contribution < 1.29 is 52.7 Å². The number of rotatable bonds is 8. The van der Waals surface area contributed by atoms with Gasteiger partial charge in [0.2, 0.25) is 0 Å². The molecule has 0 N–H and O–H groups in total. The van der Waals surface area contributed by atoms with Crippen molar-refractivity contribution in [3.05, 3.63) is 264 Å². The van der Waals surface area contributed by atoms with Gasteiger partial charge in [0.1, 0.15) is 0 Å². The van der Waals surface area contributed by atoms with E-state index in [4.69, 9.17) is 0 Å². The van der Waals surface area contributed by atoms with Gasteiger partial charge in [0.15, 0.2) is 0 Å². The van der Waals surface area contributed by atoms with Gasteiger partial charge in [-0.25, -0.2) is 0 Å². The van der Waals surface area contributed by atoms with Gasteiger partial charge < -0.3 is 9.13 Å². The van der Waals surface area contributed by atoms with Gasteiger partial charge in [-0.3, -0.25) is 0 Å². The summed E-state index contributed by atoms with van der Waals surface area (Å²) in [6.07, 6.45) is -12.7. The third-order valence-electron chi connectivity index (χ3n) is 15.1. The third kappa shape index (κ3) is 11.3. The summed E-state index contributed by atoms with van der Waals surface area (Å²) in [5.74, 6) is 0. The molecule has 4 nitrogen and oxygen atoms in total. The molecule has 0 amide bonds. The third-order valence-corrected chi connectivity index (χ3v) is 15.1. The maximum atomic E-state index is 13.6. The van der Waals surface area contributed by atoms with Gasteiger partial charge in [-0.15, -0.1) is 0 Å². The Labute approximate surface area is 489 Å². The largest absolute Gasteiger partial charge is 0.416 e. The van der Waals surface area contributed by atoms with Crippen molar-refractivity contribution in [3.63, 3.8) is 0 Å². The molecular formula is C71H42F12N4. The van der Waals surface area contributed by atoms with E-state index in [0.29, 0.717) is 111 Å². The van der Waals surface area contributed by atoms with Crippen molar-refractivity contribution >= 4 is 43.6 Å². The summed E-state index contributed by atoms with van der Waals surface area (Å²) in [5, 5.41) is 24.0. The highest BCUT2D eigenvalue weighted by atomic mass is 19.4. The summed E-state index contributed by atoms with van der Waals surface area (Å²) < 4.78 is 167. The predicted molar refractivity (Wildman–Crippen MR) is 317 cm³/mol. The van der Waals surface area contributed by atoms with Crippen LogP contribution in [-0.4, -0.2) is 9.13 Å². The van der Waals surface area contributed by atoms with Crippen molar-refractivity contribution in [1.82, 2.24) is 9.13 Å². The molecule has 0 atom stereocenters. The minimum atomic E-state index is -4.56. The Morgan fingerprint density at radius 1 is 0.333 bits per heavy atom. The number of aromatic nitrogens is 2. The minimum Gasteiger partial charge on any atom is -0.309 e. The lowest BCUT2D eigenvalue weighted by molar-refractivity contribution is -0.138. The zero-order valence-electron chi connectivity index (χ0n) is 45.4. The number of alkyl halides is 12. The predicted octanol–water partition coefficient (Wildman–Crippen LogP) is 21.8. The molecule has 0 saturated heterocycles. The number of hydrogen-bond donors (Lipinski definition) is 0. The molecule has 0 saturated carbocycles. The number of fused-ring (bicyclic) bond motifs is 6. The van der Waals surface area contributed by atoms with E-state index < -0.39 is 47.0 Å². The van der Waals surface area contributed by atoms with Crippen LogP contribution >= 0.6 is 0 Å². The molecule has 0 fully saturated rings. The Morgan fingerprint density at radius 3 is 0.770 bits per heavy atom. The van der Waals surface area contributed by atoms with Crippen LogP contribution in [0.1, 0.15) is 40.3 Å². The zero-order chi connectivity index (χ0) is 61.7. The van der Waals surface area contributed by atoms with Gasteiger partial charge in [0.05, 0.1) is 67.6 Å². The van der Waals surface area contributed by atoms with Gasteiger partial charge in [-0.1, -0.05) is 97.6 Å². The molecule has 0 spiro atoms. The summed E-state index contributed by atoms with van der Waals surface area (Å²) in [4.78, 5) is 0. The molecule has 0 aliphatic heterocycles. The van der Waals surface area contributed by atoms with E-state index in [1.807, 2.05) is 52.5 Å². The fraction of sp³-hybridized carbons (Fsp3) is 0.0704. The van der Waals surface area contributed by atoms with E-state index in [2.05, 4.69) is 18.7 Å². The molecule has 0 bridgehead atoms. The first-order chi connectivity index (χ1) is 41.5. The molecule has 0 unspecified atom stereocenters. The molecule has 16 heteroatoms. The minimum absolute atomic E-state index is 0.192. The van der Waals surface area contributed by atoms with E-state index in [1.54, 1.807) is 91.0 Å². The lowest BCUT2D eigenvalue weighted by Crippen LogP contribution is -2.03. The van der Waals surface area contributed by atoms with Gasteiger partial charge in [-0.2, -0.15) is 63.2 Å². The lowest BCUT2D eigenvalue weighted by atomic mass is 9.95. The molecule has 10 aromatic carbocycles. The van der Waals surface area contributed by atoms with Gasteiger partial charge in [-0.05, 0) is 185 Å². The first-order valence-corrected chi connectivity index (χ1v) is 26.7. The summed E-state index contributed by atoms with van der Waals surface area (Å²) >= 11 is 0. The van der Waals surface area contributed by atoms with Crippen LogP contribution in [-0.2, 0) is 24.7 Å². The monoisotopic (exact) mass is 1180 g/mol. The second-order valence-corrected chi connectivity index (χ2v) is 20.3. The fourth-order valence-corrected chi connectivity index (χ4v) is 10.8. The Balaban J connectivity index is 0.00000151. The Kier molecular flexibility index (Phi) is 15.0. The fourth-order valence-electron chi connectivity index (χ4n) is 10.8. The number of hydrogen-bond acceptors (Lipinski definition) is 2. The molecule has 12 rings (SSSR count). The number of allylic oxidation sites excluding steroid dienone is 3. The quantitative estimate of drug-likeness (QED) is 0.112. The normalized spacial score (nSPS) is 12.2. The summed E-state index contributed by atoms with van der Waals surface area (Å²) in [6, 6.07) is 55.0. The van der Waals surface area contributed by atoms with Crippen LogP contribution in [0.3, 0.4) is 0 Å². The van der Waals surface area contributed by atoms with Crippen LogP contribution in [0.2, 0.25) is 0 Å². The van der Waals surface area contributed by atoms with E-state index in [1.165, 1.54) is 48.5 Å². The number of nitrogens with zero attached hydrogens (tertiary/aromatic N) is 4. The first-order valence-electron chi connectivity index (χ1n) is 26.7. The van der Waals surface area contributed by atoms with Crippen LogP contribution in [0.4, 0.5) is 52.7 Å². The van der Waals surface area contributed by atoms with Crippen LogP contribution in [0.15, 0.2) is 231 Å². The van der Waals surface area contributed by atoms with E-state index in [-0.39, 0.29) is 11.1 Å². The second-order valence-electron chi connectivity index (χ2n) is 20.3. The van der Waals surface area contributed by atoms with Crippen molar-refractivity contribution in [2.45, 2.75) is 31.6 Å². The molecule has 2 aromatic heterocycles. The second kappa shape index (κ2) is 22.4. The molecule has 0 aliphatic rings. The average Bonchev–Trinajstić information content (AvgIpc) is 1.67. The maximum absolute atomic E-state index is 13.6. The van der Waals surface area contributed by atoms with Crippen molar-refractivity contribution in [3.8, 4) is 79.1 Å². The standard InChI is InChI=1S/C66H34F12N4.C5H8/c67-63(68,69)47-15-1-37(2-16-47)41-11-25-59-55(29-41)56-30-42(38-3-17-48(18-4-38)64(70,71)72)12-26-60(56)81(59)51-23-9-45(35-79)53(33-51)54-34-52(24-10-46(54)36-80)82-61-27-13-43(39-5-19-49(20-6-39)65(73,74)75)31-57(61)58-32-44(14-28-62(58)82)40-7-21-50(22-8-40)66(76,77)78;1-3-5-4-2/h1-34H;3-5H,1H2,2H3/b;5-4-. The van der Waals surface area contributed by atoms with Gasteiger partial charge in [0.25, 0.3) is 0 Å². The molecule has 0 aliphatic carbocycles. The summed E-state index contributed by atoms with van der Waals surface area (Å²) in [6.45, 7) is 5.42.